The van der Waals surface area contributed by atoms with Crippen LogP contribution in [0.2, 0.25) is 0 Å². The predicted octanol–water partition coefficient (Wildman–Crippen LogP) is 3.02. The highest BCUT2D eigenvalue weighted by Gasteiger charge is 2.46. The van der Waals surface area contributed by atoms with E-state index >= 15 is 0 Å². The molecular formula is C13H16BrNO2. The van der Waals surface area contributed by atoms with E-state index in [1.807, 2.05) is 37.2 Å². The molecule has 0 saturated heterocycles. The number of nitrogens with zero attached hydrogens (tertiary/aromatic N) is 1. The Balaban J connectivity index is 2.41. The van der Waals surface area contributed by atoms with E-state index in [4.69, 9.17) is 0 Å². The summed E-state index contributed by atoms with van der Waals surface area (Å²) in [6, 6.07) is 5.86. The third-order valence-electron chi connectivity index (χ3n) is 3.60. The number of carboxylic acid groups (broad SMARTS) is 1. The Morgan fingerprint density at radius 2 is 2.06 bits per heavy atom. The number of hydrogen-bond acceptors (Lipinski definition) is 2. The Morgan fingerprint density at radius 1 is 1.41 bits per heavy atom. The lowest BCUT2D eigenvalue weighted by molar-refractivity contribution is -0.147. The number of carbonyl (C=O) groups is 1. The van der Waals surface area contributed by atoms with E-state index in [1.165, 1.54) is 0 Å². The third kappa shape index (κ3) is 1.95. The maximum atomic E-state index is 11.4. The minimum atomic E-state index is -0.701. The van der Waals surface area contributed by atoms with Crippen LogP contribution in [0, 0.1) is 0 Å². The molecule has 0 heterocycles. The van der Waals surface area contributed by atoms with Gasteiger partial charge in [-0.3, -0.25) is 4.79 Å². The van der Waals surface area contributed by atoms with E-state index in [1.54, 1.807) is 0 Å². The van der Waals surface area contributed by atoms with Crippen molar-refractivity contribution in [3.05, 3.63) is 28.2 Å². The SMILES string of the molecule is CN(C)c1ccc(C2(C(=O)O)CCC2)cc1Br. The van der Waals surface area contributed by atoms with Crippen LogP contribution in [0.15, 0.2) is 22.7 Å². The van der Waals surface area contributed by atoms with E-state index in [0.717, 1.165) is 35.0 Å². The summed E-state index contributed by atoms with van der Waals surface area (Å²) < 4.78 is 0.951. The monoisotopic (exact) mass is 297 g/mol. The molecule has 1 aliphatic rings. The summed E-state index contributed by atoms with van der Waals surface area (Å²) in [6.45, 7) is 0. The fourth-order valence-corrected chi connectivity index (χ4v) is 3.06. The molecule has 3 nitrogen and oxygen atoms in total. The van der Waals surface area contributed by atoms with Gasteiger partial charge in [-0.15, -0.1) is 0 Å². The molecule has 0 aliphatic heterocycles. The molecule has 1 aromatic carbocycles. The first kappa shape index (κ1) is 12.4. The third-order valence-corrected chi connectivity index (χ3v) is 4.23. The van der Waals surface area contributed by atoms with Gasteiger partial charge in [-0.25, -0.2) is 0 Å². The summed E-state index contributed by atoms with van der Waals surface area (Å²) in [6.07, 6.45) is 2.49. The molecule has 0 amide bonds. The first-order chi connectivity index (χ1) is 7.97. The van der Waals surface area contributed by atoms with Gasteiger partial charge in [0.05, 0.1) is 11.1 Å². The van der Waals surface area contributed by atoms with Crippen molar-refractivity contribution in [1.29, 1.82) is 0 Å². The quantitative estimate of drug-likeness (QED) is 0.932. The average molecular weight is 298 g/mol. The lowest BCUT2D eigenvalue weighted by Crippen LogP contribution is -2.42. The van der Waals surface area contributed by atoms with Crippen LogP contribution < -0.4 is 4.90 Å². The topological polar surface area (TPSA) is 40.5 Å². The number of hydrogen-bond donors (Lipinski definition) is 1. The molecule has 0 spiro atoms. The van der Waals surface area contributed by atoms with Crippen molar-refractivity contribution in [2.45, 2.75) is 24.7 Å². The van der Waals surface area contributed by atoms with E-state index in [-0.39, 0.29) is 0 Å². The number of halogens is 1. The van der Waals surface area contributed by atoms with Crippen LogP contribution in [-0.4, -0.2) is 25.2 Å². The van der Waals surface area contributed by atoms with E-state index in [0.29, 0.717) is 0 Å². The summed E-state index contributed by atoms with van der Waals surface area (Å²) in [5.74, 6) is -0.701. The van der Waals surface area contributed by atoms with Gasteiger partial charge in [0, 0.05) is 18.6 Å². The van der Waals surface area contributed by atoms with Crippen molar-refractivity contribution in [3.8, 4) is 0 Å². The fourth-order valence-electron chi connectivity index (χ4n) is 2.32. The number of anilines is 1. The molecule has 0 aromatic heterocycles. The summed E-state index contributed by atoms with van der Waals surface area (Å²) in [5.41, 5.74) is 1.33. The highest BCUT2D eigenvalue weighted by atomic mass is 79.9. The van der Waals surface area contributed by atoms with Crippen molar-refractivity contribution in [3.63, 3.8) is 0 Å². The first-order valence-electron chi connectivity index (χ1n) is 5.68. The minimum Gasteiger partial charge on any atom is -0.481 e. The molecule has 1 saturated carbocycles. The highest BCUT2D eigenvalue weighted by molar-refractivity contribution is 9.10. The van der Waals surface area contributed by atoms with Gasteiger partial charge < -0.3 is 10.0 Å². The summed E-state index contributed by atoms with van der Waals surface area (Å²) in [7, 11) is 3.94. The molecule has 0 unspecified atom stereocenters. The van der Waals surface area contributed by atoms with Crippen molar-refractivity contribution < 1.29 is 9.90 Å². The molecule has 1 aliphatic carbocycles. The van der Waals surface area contributed by atoms with Gasteiger partial charge in [0.25, 0.3) is 0 Å². The molecule has 92 valence electrons. The van der Waals surface area contributed by atoms with Crippen molar-refractivity contribution in [1.82, 2.24) is 0 Å². The second kappa shape index (κ2) is 4.33. The second-order valence-corrected chi connectivity index (χ2v) is 5.66. The largest absolute Gasteiger partial charge is 0.481 e. The Hall–Kier alpha value is -1.03. The molecule has 1 N–H and O–H groups in total. The Labute approximate surface area is 110 Å². The van der Waals surface area contributed by atoms with Crippen LogP contribution in [0.5, 0.6) is 0 Å². The van der Waals surface area contributed by atoms with Gasteiger partial charge in [0.1, 0.15) is 0 Å². The molecule has 2 rings (SSSR count). The van der Waals surface area contributed by atoms with E-state index < -0.39 is 11.4 Å². The van der Waals surface area contributed by atoms with Crippen LogP contribution >= 0.6 is 15.9 Å². The number of benzene rings is 1. The number of aliphatic carboxylic acids is 1. The molecular weight excluding hydrogens is 282 g/mol. The number of rotatable bonds is 3. The summed E-state index contributed by atoms with van der Waals surface area (Å²) in [5, 5.41) is 9.38. The summed E-state index contributed by atoms with van der Waals surface area (Å²) >= 11 is 3.51. The van der Waals surface area contributed by atoms with Crippen molar-refractivity contribution in [2.24, 2.45) is 0 Å². The molecule has 4 heteroatoms. The molecule has 1 fully saturated rings. The highest BCUT2D eigenvalue weighted by Crippen LogP contribution is 2.45. The Bertz CT molecular complexity index is 453. The van der Waals surface area contributed by atoms with Gasteiger partial charge in [-0.05, 0) is 46.5 Å². The molecule has 1 aromatic rings. The molecule has 17 heavy (non-hydrogen) atoms. The van der Waals surface area contributed by atoms with Gasteiger partial charge >= 0.3 is 5.97 Å². The molecule has 0 bridgehead atoms. The summed E-state index contributed by atoms with van der Waals surface area (Å²) in [4.78, 5) is 13.4. The van der Waals surface area contributed by atoms with Crippen molar-refractivity contribution in [2.75, 3.05) is 19.0 Å². The second-order valence-electron chi connectivity index (χ2n) is 4.80. The standard InChI is InChI=1S/C13H16BrNO2/c1-15(2)11-5-4-9(8-10(11)14)13(12(16)17)6-3-7-13/h4-5,8H,3,6-7H2,1-2H3,(H,16,17). The Morgan fingerprint density at radius 3 is 2.41 bits per heavy atom. The van der Waals surface area contributed by atoms with E-state index in [2.05, 4.69) is 15.9 Å². The average Bonchev–Trinajstić information content (AvgIpc) is 2.14. The fraction of sp³-hybridized carbons (Fsp3) is 0.462. The zero-order valence-corrected chi connectivity index (χ0v) is 11.6. The smallest absolute Gasteiger partial charge is 0.314 e. The van der Waals surface area contributed by atoms with Crippen LogP contribution in [0.3, 0.4) is 0 Å². The zero-order chi connectivity index (χ0) is 12.6. The van der Waals surface area contributed by atoms with Gasteiger partial charge in [0.2, 0.25) is 0 Å². The van der Waals surface area contributed by atoms with Crippen LogP contribution in [0.25, 0.3) is 0 Å². The Kier molecular flexibility index (Phi) is 3.17. The lowest BCUT2D eigenvalue weighted by atomic mass is 9.64. The lowest BCUT2D eigenvalue weighted by Gasteiger charge is -2.38. The van der Waals surface area contributed by atoms with Crippen LogP contribution in [0.4, 0.5) is 5.69 Å². The maximum Gasteiger partial charge on any atom is 0.314 e. The normalized spacial score (nSPS) is 17.4. The van der Waals surface area contributed by atoms with Gasteiger partial charge in [-0.2, -0.15) is 0 Å². The van der Waals surface area contributed by atoms with Gasteiger partial charge in [-0.1, -0.05) is 12.5 Å². The zero-order valence-electron chi connectivity index (χ0n) is 10.0. The molecule has 0 atom stereocenters. The minimum absolute atomic E-state index is 0.645. The van der Waals surface area contributed by atoms with E-state index in [9.17, 15) is 9.90 Å². The number of carboxylic acids is 1. The van der Waals surface area contributed by atoms with Crippen molar-refractivity contribution >= 4 is 27.6 Å². The predicted molar refractivity (Wildman–Crippen MR) is 71.6 cm³/mol. The van der Waals surface area contributed by atoms with Gasteiger partial charge in [0.15, 0.2) is 0 Å². The first-order valence-corrected chi connectivity index (χ1v) is 6.47. The maximum absolute atomic E-state index is 11.4. The molecule has 0 radical (unpaired) electrons. The van der Waals surface area contributed by atoms with Crippen LogP contribution in [-0.2, 0) is 10.2 Å². The van der Waals surface area contributed by atoms with Crippen LogP contribution in [0.1, 0.15) is 24.8 Å².